The molecule has 0 atom stereocenters. The summed E-state index contributed by atoms with van der Waals surface area (Å²) in [5.74, 6) is 0.452. The van der Waals surface area contributed by atoms with E-state index in [9.17, 15) is 4.79 Å². The van der Waals surface area contributed by atoms with E-state index in [4.69, 9.17) is 5.26 Å². The largest absolute Gasteiger partial charge is 0.309 e. The minimum Gasteiger partial charge on any atom is -0.309 e. The lowest BCUT2D eigenvalue weighted by Crippen LogP contribution is -2.11. The smallest absolute Gasteiger partial charge is 0.225 e. The molecule has 74 valence electrons. The molecule has 0 aliphatic rings. The van der Waals surface area contributed by atoms with Gasteiger partial charge in [0.25, 0.3) is 0 Å². The average molecular weight is 192 g/mol. The first-order valence-corrected chi connectivity index (χ1v) is 4.46. The maximum Gasteiger partial charge on any atom is 0.225 e. The van der Waals surface area contributed by atoms with Crippen molar-refractivity contribution in [1.29, 1.82) is 5.26 Å². The molecule has 1 aromatic heterocycles. The van der Waals surface area contributed by atoms with Crippen LogP contribution in [-0.2, 0) is 11.3 Å². The van der Waals surface area contributed by atoms with Crippen molar-refractivity contribution in [1.82, 2.24) is 9.78 Å². The topological polar surface area (TPSA) is 70.7 Å². The van der Waals surface area contributed by atoms with E-state index in [1.807, 2.05) is 13.0 Å². The maximum absolute atomic E-state index is 11.2. The van der Waals surface area contributed by atoms with Crippen molar-refractivity contribution in [2.24, 2.45) is 0 Å². The molecule has 0 saturated heterocycles. The molecule has 0 bridgehead atoms. The van der Waals surface area contributed by atoms with Crippen LogP contribution in [0.25, 0.3) is 0 Å². The fourth-order valence-electron chi connectivity index (χ4n) is 1.02. The van der Waals surface area contributed by atoms with Crippen molar-refractivity contribution < 1.29 is 4.79 Å². The van der Waals surface area contributed by atoms with Crippen molar-refractivity contribution >= 4 is 11.7 Å². The van der Waals surface area contributed by atoms with Crippen LogP contribution in [0.4, 0.5) is 5.82 Å². The predicted octanol–water partition coefficient (Wildman–Crippen LogP) is 1.15. The molecule has 1 heterocycles. The van der Waals surface area contributed by atoms with Crippen LogP contribution in [0, 0.1) is 11.3 Å². The van der Waals surface area contributed by atoms with Crippen LogP contribution >= 0.6 is 0 Å². The summed E-state index contributed by atoms with van der Waals surface area (Å²) in [6.45, 7) is 2.14. The van der Waals surface area contributed by atoms with E-state index in [1.54, 1.807) is 12.3 Å². The second-order valence-electron chi connectivity index (χ2n) is 2.85. The molecule has 5 nitrogen and oxygen atoms in total. The zero-order valence-corrected chi connectivity index (χ0v) is 8.03. The Hall–Kier alpha value is -1.83. The van der Waals surface area contributed by atoms with Gasteiger partial charge < -0.3 is 5.32 Å². The van der Waals surface area contributed by atoms with Crippen LogP contribution in [0.2, 0.25) is 0 Å². The van der Waals surface area contributed by atoms with Gasteiger partial charge in [0.1, 0.15) is 6.54 Å². The first kappa shape index (κ1) is 10.3. The lowest BCUT2D eigenvalue weighted by atomic mass is 10.3. The van der Waals surface area contributed by atoms with Gasteiger partial charge in [-0.2, -0.15) is 10.4 Å². The molecule has 0 radical (unpaired) electrons. The van der Waals surface area contributed by atoms with Crippen molar-refractivity contribution in [2.45, 2.75) is 26.3 Å². The number of hydrogen-bond donors (Lipinski definition) is 1. The monoisotopic (exact) mass is 192 g/mol. The van der Waals surface area contributed by atoms with Gasteiger partial charge in [-0.05, 0) is 6.42 Å². The molecule has 0 fully saturated rings. The molecule has 0 aliphatic heterocycles. The van der Waals surface area contributed by atoms with Crippen molar-refractivity contribution in [2.75, 3.05) is 5.32 Å². The van der Waals surface area contributed by atoms with Gasteiger partial charge in [0.05, 0.1) is 6.07 Å². The highest BCUT2D eigenvalue weighted by atomic mass is 16.1. The number of anilines is 1. The third kappa shape index (κ3) is 2.90. The van der Waals surface area contributed by atoms with Crippen molar-refractivity contribution in [3.63, 3.8) is 0 Å². The Kier molecular flexibility index (Phi) is 3.68. The van der Waals surface area contributed by atoms with Gasteiger partial charge in [-0.1, -0.05) is 6.92 Å². The molecule has 1 aromatic rings. The SMILES string of the molecule is CCCC(=O)Nc1ccn(CC#N)n1. The Morgan fingerprint density at radius 3 is 3.21 bits per heavy atom. The van der Waals surface area contributed by atoms with Gasteiger partial charge in [0.2, 0.25) is 5.91 Å². The third-order valence-corrected chi connectivity index (χ3v) is 1.62. The first-order valence-electron chi connectivity index (χ1n) is 4.46. The fourth-order valence-corrected chi connectivity index (χ4v) is 1.02. The van der Waals surface area contributed by atoms with E-state index >= 15 is 0 Å². The summed E-state index contributed by atoms with van der Waals surface area (Å²) in [5, 5.41) is 15.0. The van der Waals surface area contributed by atoms with E-state index in [0.717, 1.165) is 6.42 Å². The maximum atomic E-state index is 11.2. The van der Waals surface area contributed by atoms with Gasteiger partial charge in [-0.15, -0.1) is 0 Å². The quantitative estimate of drug-likeness (QED) is 0.777. The molecule has 0 spiro atoms. The highest BCUT2D eigenvalue weighted by Gasteiger charge is 2.02. The van der Waals surface area contributed by atoms with Crippen LogP contribution in [-0.4, -0.2) is 15.7 Å². The number of hydrogen-bond acceptors (Lipinski definition) is 3. The van der Waals surface area contributed by atoms with Gasteiger partial charge in [-0.25, -0.2) is 0 Å². The molecular formula is C9H12N4O. The van der Waals surface area contributed by atoms with Crippen LogP contribution < -0.4 is 5.32 Å². The van der Waals surface area contributed by atoms with Gasteiger partial charge >= 0.3 is 0 Å². The minimum absolute atomic E-state index is 0.0466. The summed E-state index contributed by atoms with van der Waals surface area (Å²) in [4.78, 5) is 11.2. The van der Waals surface area contributed by atoms with Crippen LogP contribution in [0.1, 0.15) is 19.8 Å². The Bertz CT molecular complexity index is 350. The summed E-state index contributed by atoms with van der Waals surface area (Å²) < 4.78 is 1.47. The fraction of sp³-hybridized carbons (Fsp3) is 0.444. The van der Waals surface area contributed by atoms with E-state index in [1.165, 1.54) is 4.68 Å². The number of nitrogens with zero attached hydrogens (tertiary/aromatic N) is 3. The molecule has 1 rings (SSSR count). The molecule has 1 amide bonds. The normalized spacial score (nSPS) is 9.43. The van der Waals surface area contributed by atoms with E-state index in [2.05, 4.69) is 10.4 Å². The summed E-state index contributed by atoms with van der Waals surface area (Å²) in [5.41, 5.74) is 0. The Labute approximate surface area is 82.3 Å². The highest BCUT2D eigenvalue weighted by Crippen LogP contribution is 2.03. The lowest BCUT2D eigenvalue weighted by molar-refractivity contribution is -0.116. The van der Waals surface area contributed by atoms with Gasteiger partial charge in [0, 0.05) is 18.7 Å². The zero-order chi connectivity index (χ0) is 10.4. The molecule has 1 N–H and O–H groups in total. The van der Waals surface area contributed by atoms with Crippen molar-refractivity contribution in [3.8, 4) is 6.07 Å². The number of rotatable bonds is 4. The predicted molar refractivity (Wildman–Crippen MR) is 51.4 cm³/mol. The molecular weight excluding hydrogens is 180 g/mol. The van der Waals surface area contributed by atoms with E-state index in [-0.39, 0.29) is 12.5 Å². The second kappa shape index (κ2) is 5.02. The molecule has 0 unspecified atom stereocenters. The number of nitriles is 1. The minimum atomic E-state index is -0.0466. The summed E-state index contributed by atoms with van der Waals surface area (Å²) in [7, 11) is 0. The molecule has 0 aliphatic carbocycles. The third-order valence-electron chi connectivity index (χ3n) is 1.62. The first-order chi connectivity index (χ1) is 6.76. The van der Waals surface area contributed by atoms with Gasteiger partial charge in [-0.3, -0.25) is 9.48 Å². The number of aromatic nitrogens is 2. The van der Waals surface area contributed by atoms with E-state index < -0.39 is 0 Å². The number of nitrogens with one attached hydrogen (secondary N) is 1. The van der Waals surface area contributed by atoms with Crippen LogP contribution in [0.15, 0.2) is 12.3 Å². The molecule has 0 aromatic carbocycles. The Morgan fingerprint density at radius 2 is 2.57 bits per heavy atom. The lowest BCUT2D eigenvalue weighted by Gasteiger charge is -1.98. The number of amides is 1. The standard InChI is InChI=1S/C9H12N4O/c1-2-3-9(14)11-8-4-6-13(12-8)7-5-10/h4,6H,2-3,7H2,1H3,(H,11,12,14). The Morgan fingerprint density at radius 1 is 1.79 bits per heavy atom. The van der Waals surface area contributed by atoms with Crippen molar-refractivity contribution in [3.05, 3.63) is 12.3 Å². The summed E-state index contributed by atoms with van der Waals surface area (Å²) in [6, 6.07) is 3.64. The molecule has 0 saturated carbocycles. The second-order valence-corrected chi connectivity index (χ2v) is 2.85. The molecule has 14 heavy (non-hydrogen) atoms. The number of carbonyl (C=O) groups is 1. The average Bonchev–Trinajstić information content (AvgIpc) is 2.53. The van der Waals surface area contributed by atoms with Crippen LogP contribution in [0.5, 0.6) is 0 Å². The van der Waals surface area contributed by atoms with E-state index in [0.29, 0.717) is 12.2 Å². The zero-order valence-electron chi connectivity index (χ0n) is 8.03. The Balaban J connectivity index is 2.51. The summed E-state index contributed by atoms with van der Waals surface area (Å²) >= 11 is 0. The summed E-state index contributed by atoms with van der Waals surface area (Å²) in [6.07, 6.45) is 2.96. The van der Waals surface area contributed by atoms with Crippen LogP contribution in [0.3, 0.4) is 0 Å². The van der Waals surface area contributed by atoms with Gasteiger partial charge in [0.15, 0.2) is 5.82 Å². The highest BCUT2D eigenvalue weighted by molar-refractivity contribution is 5.89. The number of carbonyl (C=O) groups excluding carboxylic acids is 1. The molecule has 5 heteroatoms.